The molecule has 0 bridgehead atoms. The lowest BCUT2D eigenvalue weighted by atomic mass is 9.97. The third kappa shape index (κ3) is 2.99. The summed E-state index contributed by atoms with van der Waals surface area (Å²) in [4.78, 5) is 17.5. The zero-order valence-electron chi connectivity index (χ0n) is 16.0. The van der Waals surface area contributed by atoms with E-state index >= 15 is 0 Å². The highest BCUT2D eigenvalue weighted by atomic mass is 16.6. The second kappa shape index (κ2) is 7.08. The molecular weight excluding hydrogens is 382 g/mol. The number of aromatic nitrogens is 4. The molecule has 4 aromatic rings. The molecule has 0 aliphatic carbocycles. The van der Waals surface area contributed by atoms with Crippen LogP contribution in [0.5, 0.6) is 0 Å². The van der Waals surface area contributed by atoms with Gasteiger partial charge in [0, 0.05) is 42.7 Å². The van der Waals surface area contributed by atoms with E-state index in [0.717, 1.165) is 30.9 Å². The number of benzene rings is 1. The largest absolute Gasteiger partial charge is 0.356 e. The third-order valence-corrected chi connectivity index (χ3v) is 5.56. The zero-order chi connectivity index (χ0) is 20.7. The Morgan fingerprint density at radius 1 is 1.20 bits per heavy atom. The Morgan fingerprint density at radius 3 is 2.93 bits per heavy atom. The topological polar surface area (TPSA) is 113 Å². The molecule has 1 aliphatic heterocycles. The molecule has 148 valence electrons. The molecule has 0 N–H and O–H groups in total. The van der Waals surface area contributed by atoms with Crippen LogP contribution in [0, 0.1) is 21.4 Å². The van der Waals surface area contributed by atoms with Gasteiger partial charge in [-0.25, -0.2) is 4.98 Å². The fourth-order valence-electron chi connectivity index (χ4n) is 4.10. The van der Waals surface area contributed by atoms with Gasteiger partial charge in [0.05, 0.1) is 22.1 Å². The van der Waals surface area contributed by atoms with Gasteiger partial charge in [0.15, 0.2) is 5.65 Å². The number of hydrogen-bond acceptors (Lipinski definition) is 7. The van der Waals surface area contributed by atoms with Crippen molar-refractivity contribution in [3.05, 3.63) is 70.2 Å². The Bertz CT molecular complexity index is 1320. The maximum atomic E-state index is 11.1. The van der Waals surface area contributed by atoms with E-state index in [-0.39, 0.29) is 11.6 Å². The van der Waals surface area contributed by atoms with Gasteiger partial charge in [-0.1, -0.05) is 6.07 Å². The second-order valence-electron chi connectivity index (χ2n) is 7.37. The number of fused-ring (bicyclic) bond motifs is 2. The number of non-ortho nitro benzene ring substituents is 1. The van der Waals surface area contributed by atoms with Crippen molar-refractivity contribution in [2.45, 2.75) is 18.8 Å². The Labute approximate surface area is 171 Å². The van der Waals surface area contributed by atoms with Crippen LogP contribution < -0.4 is 4.90 Å². The van der Waals surface area contributed by atoms with Crippen molar-refractivity contribution in [1.29, 1.82) is 5.26 Å². The van der Waals surface area contributed by atoms with Crippen molar-refractivity contribution in [2.24, 2.45) is 0 Å². The standard InChI is InChI=1S/C21H17N7O2/c22-12-15-10-20(23-18-7-6-16(28(29)30)11-17(15)18)26-8-3-4-14(13-26)21-25-24-19-5-1-2-9-27(19)21/h1-2,5-7,9-11,14H,3-4,8,13H2. The van der Waals surface area contributed by atoms with Gasteiger partial charge in [0.25, 0.3) is 5.69 Å². The molecule has 3 aromatic heterocycles. The van der Waals surface area contributed by atoms with Crippen LogP contribution in [0.1, 0.15) is 30.1 Å². The first kappa shape index (κ1) is 18.0. The van der Waals surface area contributed by atoms with Crippen LogP contribution >= 0.6 is 0 Å². The molecule has 5 rings (SSSR count). The molecule has 0 radical (unpaired) electrons. The van der Waals surface area contributed by atoms with Crippen molar-refractivity contribution < 1.29 is 4.92 Å². The van der Waals surface area contributed by atoms with Crippen LogP contribution in [0.25, 0.3) is 16.6 Å². The smallest absolute Gasteiger partial charge is 0.270 e. The van der Waals surface area contributed by atoms with Gasteiger partial charge in [-0.2, -0.15) is 5.26 Å². The Kier molecular flexibility index (Phi) is 4.25. The highest BCUT2D eigenvalue weighted by Gasteiger charge is 2.26. The Balaban J connectivity index is 1.51. The number of nitrogens with zero attached hydrogens (tertiary/aromatic N) is 7. The lowest BCUT2D eigenvalue weighted by molar-refractivity contribution is -0.384. The van der Waals surface area contributed by atoms with Crippen molar-refractivity contribution in [3.63, 3.8) is 0 Å². The highest BCUT2D eigenvalue weighted by Crippen LogP contribution is 2.31. The fourth-order valence-corrected chi connectivity index (χ4v) is 4.10. The van der Waals surface area contributed by atoms with Gasteiger partial charge in [0.2, 0.25) is 0 Å². The number of rotatable bonds is 3. The summed E-state index contributed by atoms with van der Waals surface area (Å²) in [6.45, 7) is 1.54. The molecule has 4 heterocycles. The average Bonchev–Trinajstić information content (AvgIpc) is 3.22. The summed E-state index contributed by atoms with van der Waals surface area (Å²) >= 11 is 0. The van der Waals surface area contributed by atoms with Crippen LogP contribution in [0.15, 0.2) is 48.7 Å². The van der Waals surface area contributed by atoms with Gasteiger partial charge in [-0.3, -0.25) is 14.5 Å². The molecule has 1 aromatic carbocycles. The second-order valence-corrected chi connectivity index (χ2v) is 7.37. The zero-order valence-corrected chi connectivity index (χ0v) is 16.0. The minimum absolute atomic E-state index is 0.0507. The number of pyridine rings is 2. The molecular formula is C21H17N7O2. The van der Waals surface area contributed by atoms with Crippen molar-refractivity contribution in [1.82, 2.24) is 19.6 Å². The molecule has 1 unspecified atom stereocenters. The maximum Gasteiger partial charge on any atom is 0.270 e. The molecule has 1 fully saturated rings. The van der Waals surface area contributed by atoms with Crippen molar-refractivity contribution >= 4 is 28.1 Å². The van der Waals surface area contributed by atoms with Crippen LogP contribution in [-0.4, -0.2) is 37.6 Å². The normalized spacial score (nSPS) is 16.6. The van der Waals surface area contributed by atoms with Crippen LogP contribution in [0.4, 0.5) is 11.5 Å². The molecule has 9 nitrogen and oxygen atoms in total. The van der Waals surface area contributed by atoms with Crippen molar-refractivity contribution in [3.8, 4) is 6.07 Å². The molecule has 0 spiro atoms. The number of nitro benzene ring substituents is 1. The van der Waals surface area contributed by atoms with E-state index in [9.17, 15) is 15.4 Å². The molecule has 30 heavy (non-hydrogen) atoms. The van der Waals surface area contributed by atoms with Gasteiger partial charge in [-0.05, 0) is 37.1 Å². The van der Waals surface area contributed by atoms with Gasteiger partial charge in [0.1, 0.15) is 11.6 Å². The molecule has 0 saturated carbocycles. The van der Waals surface area contributed by atoms with E-state index in [1.165, 1.54) is 12.1 Å². The lowest BCUT2D eigenvalue weighted by Crippen LogP contribution is -2.35. The van der Waals surface area contributed by atoms with E-state index in [4.69, 9.17) is 4.98 Å². The Morgan fingerprint density at radius 2 is 2.10 bits per heavy atom. The number of nitriles is 1. The summed E-state index contributed by atoms with van der Waals surface area (Å²) in [6.07, 6.45) is 3.93. The summed E-state index contributed by atoms with van der Waals surface area (Å²) in [5.74, 6) is 1.81. The van der Waals surface area contributed by atoms with E-state index in [1.54, 1.807) is 12.1 Å². The first-order valence-electron chi connectivity index (χ1n) is 9.68. The molecule has 1 aliphatic rings. The first-order valence-corrected chi connectivity index (χ1v) is 9.68. The van der Waals surface area contributed by atoms with Gasteiger partial charge in [-0.15, -0.1) is 10.2 Å². The molecule has 1 saturated heterocycles. The summed E-state index contributed by atoms with van der Waals surface area (Å²) in [5.41, 5.74) is 1.73. The SMILES string of the molecule is N#Cc1cc(N2CCCC(c3nnc4ccccn34)C2)nc2ccc([N+](=O)[O-])cc12. The summed E-state index contributed by atoms with van der Waals surface area (Å²) in [5, 5.41) is 29.9. The average molecular weight is 399 g/mol. The third-order valence-electron chi connectivity index (χ3n) is 5.56. The first-order chi connectivity index (χ1) is 14.6. The summed E-state index contributed by atoms with van der Waals surface area (Å²) in [7, 11) is 0. The minimum Gasteiger partial charge on any atom is -0.356 e. The van der Waals surface area contributed by atoms with E-state index in [0.29, 0.717) is 28.8 Å². The fraction of sp³-hybridized carbons (Fsp3) is 0.238. The van der Waals surface area contributed by atoms with Gasteiger partial charge >= 0.3 is 0 Å². The monoisotopic (exact) mass is 399 g/mol. The molecule has 0 amide bonds. The van der Waals surface area contributed by atoms with E-state index < -0.39 is 4.92 Å². The highest BCUT2D eigenvalue weighted by molar-refractivity contribution is 5.88. The predicted molar refractivity (Wildman–Crippen MR) is 110 cm³/mol. The quantitative estimate of drug-likeness (QED) is 0.383. The van der Waals surface area contributed by atoms with E-state index in [1.807, 2.05) is 28.8 Å². The maximum absolute atomic E-state index is 11.1. The lowest BCUT2D eigenvalue weighted by Gasteiger charge is -2.33. The van der Waals surface area contributed by atoms with Crippen LogP contribution in [0.2, 0.25) is 0 Å². The van der Waals surface area contributed by atoms with Crippen LogP contribution in [-0.2, 0) is 0 Å². The van der Waals surface area contributed by atoms with Gasteiger partial charge < -0.3 is 4.90 Å². The minimum atomic E-state index is -0.466. The number of nitro groups is 1. The molecule has 1 atom stereocenters. The number of hydrogen-bond donors (Lipinski definition) is 0. The van der Waals surface area contributed by atoms with Crippen molar-refractivity contribution in [2.75, 3.05) is 18.0 Å². The van der Waals surface area contributed by atoms with Crippen LogP contribution in [0.3, 0.4) is 0 Å². The number of anilines is 1. The number of piperidine rings is 1. The summed E-state index contributed by atoms with van der Waals surface area (Å²) < 4.78 is 2.02. The summed E-state index contributed by atoms with van der Waals surface area (Å²) in [6, 6.07) is 14.1. The van der Waals surface area contributed by atoms with E-state index in [2.05, 4.69) is 21.2 Å². The molecule has 9 heteroatoms. The predicted octanol–water partition coefficient (Wildman–Crippen LogP) is 3.44. The Hall–Kier alpha value is -4.06.